The predicted octanol–water partition coefficient (Wildman–Crippen LogP) is 2.10. The van der Waals surface area contributed by atoms with Crippen molar-refractivity contribution in [2.45, 2.75) is 26.4 Å². The molecule has 6 heteroatoms. The Bertz CT molecular complexity index is 765. The average molecular weight is 316 g/mol. The molecule has 2 N–H and O–H groups in total. The zero-order valence-corrected chi connectivity index (χ0v) is 13.3. The summed E-state index contributed by atoms with van der Waals surface area (Å²) >= 11 is 0. The molecule has 1 aromatic carbocycles. The number of aromatic nitrogens is 1. The van der Waals surface area contributed by atoms with Crippen LogP contribution in [0.5, 0.6) is 0 Å². The van der Waals surface area contributed by atoms with E-state index in [1.165, 1.54) is 0 Å². The summed E-state index contributed by atoms with van der Waals surface area (Å²) < 4.78 is 5.41. The maximum Gasteiger partial charge on any atom is 0.306 e. The SMILES string of the molecule is Cc1cc(C)c2cc(C(=O)N3CCOC(CC(=O)O)C3)[nH]c2c1. The van der Waals surface area contributed by atoms with Gasteiger partial charge in [0, 0.05) is 24.0 Å². The number of fused-ring (bicyclic) bond motifs is 1. The lowest BCUT2D eigenvalue weighted by molar-refractivity contribution is -0.141. The number of benzene rings is 1. The Kier molecular flexibility index (Phi) is 4.09. The number of amides is 1. The normalized spacial score (nSPS) is 18.3. The number of H-pyrrole nitrogens is 1. The highest BCUT2D eigenvalue weighted by Gasteiger charge is 2.27. The number of ether oxygens (including phenoxy) is 1. The van der Waals surface area contributed by atoms with E-state index in [0.29, 0.717) is 25.4 Å². The second-order valence-electron chi connectivity index (χ2n) is 6.07. The summed E-state index contributed by atoms with van der Waals surface area (Å²) in [6.45, 7) is 5.19. The lowest BCUT2D eigenvalue weighted by Crippen LogP contribution is -2.46. The number of carbonyl (C=O) groups excluding carboxylic acids is 1. The summed E-state index contributed by atoms with van der Waals surface area (Å²) in [5.74, 6) is -1.03. The lowest BCUT2D eigenvalue weighted by Gasteiger charge is -2.32. The van der Waals surface area contributed by atoms with Gasteiger partial charge in [0.15, 0.2) is 0 Å². The minimum absolute atomic E-state index is 0.0885. The van der Waals surface area contributed by atoms with Gasteiger partial charge in [0.05, 0.1) is 19.1 Å². The Labute approximate surface area is 134 Å². The number of rotatable bonds is 3. The first-order chi connectivity index (χ1) is 10.9. The van der Waals surface area contributed by atoms with Crippen LogP contribution in [-0.4, -0.2) is 52.7 Å². The van der Waals surface area contributed by atoms with Crippen molar-refractivity contribution in [1.29, 1.82) is 0 Å². The van der Waals surface area contributed by atoms with Crippen LogP contribution in [0.25, 0.3) is 10.9 Å². The summed E-state index contributed by atoms with van der Waals surface area (Å²) in [4.78, 5) is 28.3. The second kappa shape index (κ2) is 6.04. The average Bonchev–Trinajstić information content (AvgIpc) is 2.90. The molecule has 1 unspecified atom stereocenters. The van der Waals surface area contributed by atoms with Gasteiger partial charge in [0.25, 0.3) is 5.91 Å². The maximum absolute atomic E-state index is 12.7. The molecule has 0 saturated carbocycles. The number of aliphatic carboxylic acids is 1. The Hall–Kier alpha value is -2.34. The van der Waals surface area contributed by atoms with Gasteiger partial charge in [-0.05, 0) is 37.1 Å². The number of aromatic amines is 1. The third-order valence-corrected chi connectivity index (χ3v) is 4.15. The molecule has 2 aromatic rings. The van der Waals surface area contributed by atoms with Crippen LogP contribution in [0.15, 0.2) is 18.2 Å². The van der Waals surface area contributed by atoms with E-state index in [0.717, 1.165) is 22.0 Å². The monoisotopic (exact) mass is 316 g/mol. The Balaban J connectivity index is 1.82. The van der Waals surface area contributed by atoms with E-state index in [9.17, 15) is 9.59 Å². The van der Waals surface area contributed by atoms with Crippen molar-refractivity contribution in [3.8, 4) is 0 Å². The summed E-state index contributed by atoms with van der Waals surface area (Å²) in [5.41, 5.74) is 3.75. The van der Waals surface area contributed by atoms with Crippen LogP contribution in [0, 0.1) is 13.8 Å². The van der Waals surface area contributed by atoms with Crippen molar-refractivity contribution >= 4 is 22.8 Å². The van der Waals surface area contributed by atoms with E-state index in [-0.39, 0.29) is 12.3 Å². The summed E-state index contributed by atoms with van der Waals surface area (Å²) in [7, 11) is 0. The van der Waals surface area contributed by atoms with Crippen LogP contribution in [0.2, 0.25) is 0 Å². The number of nitrogens with one attached hydrogen (secondary N) is 1. The first-order valence-electron chi connectivity index (χ1n) is 7.66. The zero-order chi connectivity index (χ0) is 16.6. The van der Waals surface area contributed by atoms with Gasteiger partial charge in [0.2, 0.25) is 0 Å². The number of carboxylic acid groups (broad SMARTS) is 1. The van der Waals surface area contributed by atoms with Crippen molar-refractivity contribution in [2.75, 3.05) is 19.7 Å². The van der Waals surface area contributed by atoms with Crippen molar-refractivity contribution in [1.82, 2.24) is 9.88 Å². The van der Waals surface area contributed by atoms with E-state index in [1.807, 2.05) is 26.0 Å². The van der Waals surface area contributed by atoms with E-state index in [4.69, 9.17) is 9.84 Å². The van der Waals surface area contributed by atoms with Crippen LogP contribution in [0.1, 0.15) is 28.0 Å². The van der Waals surface area contributed by atoms with E-state index in [2.05, 4.69) is 11.1 Å². The largest absolute Gasteiger partial charge is 0.481 e. The fourth-order valence-electron chi connectivity index (χ4n) is 3.11. The van der Waals surface area contributed by atoms with Gasteiger partial charge in [-0.15, -0.1) is 0 Å². The molecule has 1 aromatic heterocycles. The fraction of sp³-hybridized carbons (Fsp3) is 0.412. The van der Waals surface area contributed by atoms with Crippen molar-refractivity contribution in [3.05, 3.63) is 35.0 Å². The van der Waals surface area contributed by atoms with E-state index in [1.54, 1.807) is 4.90 Å². The van der Waals surface area contributed by atoms with E-state index >= 15 is 0 Å². The van der Waals surface area contributed by atoms with Crippen molar-refractivity contribution in [2.24, 2.45) is 0 Å². The molecule has 2 heterocycles. The van der Waals surface area contributed by atoms with E-state index < -0.39 is 12.1 Å². The van der Waals surface area contributed by atoms with Gasteiger partial charge in [0.1, 0.15) is 5.69 Å². The van der Waals surface area contributed by atoms with Crippen LogP contribution in [-0.2, 0) is 9.53 Å². The van der Waals surface area contributed by atoms with Gasteiger partial charge in [-0.1, -0.05) is 6.07 Å². The second-order valence-corrected chi connectivity index (χ2v) is 6.07. The van der Waals surface area contributed by atoms with Gasteiger partial charge < -0.3 is 19.7 Å². The molecule has 1 amide bonds. The molecular weight excluding hydrogens is 296 g/mol. The topological polar surface area (TPSA) is 82.6 Å². The standard InChI is InChI=1S/C17H20N2O4/c1-10-5-11(2)13-8-15(18-14(13)6-10)17(22)19-3-4-23-12(9-19)7-16(20)21/h5-6,8,12,18H,3-4,7,9H2,1-2H3,(H,20,21). The molecule has 0 radical (unpaired) electrons. The molecule has 0 spiro atoms. The Morgan fingerprint density at radius 3 is 2.87 bits per heavy atom. The van der Waals surface area contributed by atoms with Crippen LogP contribution in [0.3, 0.4) is 0 Å². The Morgan fingerprint density at radius 1 is 1.35 bits per heavy atom. The number of carbonyl (C=O) groups is 2. The molecule has 1 atom stereocenters. The lowest BCUT2D eigenvalue weighted by atomic mass is 10.1. The molecule has 122 valence electrons. The number of nitrogens with zero attached hydrogens (tertiary/aromatic N) is 1. The molecule has 1 fully saturated rings. The van der Waals surface area contributed by atoms with Gasteiger partial charge in [-0.25, -0.2) is 0 Å². The van der Waals surface area contributed by atoms with Crippen molar-refractivity contribution in [3.63, 3.8) is 0 Å². The smallest absolute Gasteiger partial charge is 0.306 e. The van der Waals surface area contributed by atoms with Crippen LogP contribution in [0.4, 0.5) is 0 Å². The first kappa shape index (κ1) is 15.6. The molecular formula is C17H20N2O4. The number of hydrogen-bond acceptors (Lipinski definition) is 3. The quantitative estimate of drug-likeness (QED) is 0.908. The number of aryl methyl sites for hydroxylation is 2. The highest BCUT2D eigenvalue weighted by atomic mass is 16.5. The number of hydrogen-bond donors (Lipinski definition) is 2. The summed E-state index contributed by atoms with van der Waals surface area (Å²) in [6, 6.07) is 5.97. The Morgan fingerprint density at radius 2 is 2.13 bits per heavy atom. The summed E-state index contributed by atoms with van der Waals surface area (Å²) in [6.07, 6.45) is -0.534. The molecule has 6 nitrogen and oxygen atoms in total. The van der Waals surface area contributed by atoms with Crippen molar-refractivity contribution < 1.29 is 19.4 Å². The highest BCUT2D eigenvalue weighted by Crippen LogP contribution is 2.23. The molecule has 3 rings (SSSR count). The molecule has 1 saturated heterocycles. The van der Waals surface area contributed by atoms with Gasteiger partial charge >= 0.3 is 5.97 Å². The molecule has 0 aliphatic carbocycles. The highest BCUT2D eigenvalue weighted by molar-refractivity contribution is 5.99. The molecule has 23 heavy (non-hydrogen) atoms. The van der Waals surface area contributed by atoms with Crippen LogP contribution >= 0.6 is 0 Å². The number of carboxylic acids is 1. The molecule has 1 aliphatic heterocycles. The molecule has 0 bridgehead atoms. The summed E-state index contributed by atoms with van der Waals surface area (Å²) in [5, 5.41) is 9.91. The minimum Gasteiger partial charge on any atom is -0.481 e. The predicted molar refractivity (Wildman–Crippen MR) is 85.7 cm³/mol. The third-order valence-electron chi connectivity index (χ3n) is 4.15. The fourth-order valence-corrected chi connectivity index (χ4v) is 3.11. The number of morpholine rings is 1. The van der Waals surface area contributed by atoms with Gasteiger partial charge in [-0.3, -0.25) is 9.59 Å². The maximum atomic E-state index is 12.7. The van der Waals surface area contributed by atoms with Gasteiger partial charge in [-0.2, -0.15) is 0 Å². The minimum atomic E-state index is -0.916. The van der Waals surface area contributed by atoms with Crippen LogP contribution < -0.4 is 0 Å². The third kappa shape index (κ3) is 3.22. The zero-order valence-electron chi connectivity index (χ0n) is 13.3. The molecule has 1 aliphatic rings. The first-order valence-corrected chi connectivity index (χ1v) is 7.66.